The predicted molar refractivity (Wildman–Crippen MR) is 45.0 cm³/mol. The maximum atomic E-state index is 13.3. The highest BCUT2D eigenvalue weighted by molar-refractivity contribution is 5.29. The summed E-state index contributed by atoms with van der Waals surface area (Å²) >= 11 is 0. The van der Waals surface area contributed by atoms with Crippen molar-refractivity contribution in [1.82, 2.24) is 4.98 Å². The molecule has 0 aromatic carbocycles. The van der Waals surface area contributed by atoms with Gasteiger partial charge in [-0.25, -0.2) is 18.2 Å². The van der Waals surface area contributed by atoms with Crippen molar-refractivity contribution in [2.45, 2.75) is 12.8 Å². The highest BCUT2D eigenvalue weighted by Crippen LogP contribution is 2.26. The third-order valence-electron chi connectivity index (χ3n) is 1.72. The fourth-order valence-electron chi connectivity index (χ4n) is 1.03. The van der Waals surface area contributed by atoms with Crippen LogP contribution in [0.2, 0.25) is 0 Å². The molecule has 0 unspecified atom stereocenters. The van der Waals surface area contributed by atoms with E-state index in [0.29, 0.717) is 0 Å². The van der Waals surface area contributed by atoms with Gasteiger partial charge in [-0.1, -0.05) is 0 Å². The van der Waals surface area contributed by atoms with Crippen LogP contribution in [0.15, 0.2) is 6.07 Å². The largest absolute Gasteiger partial charge is 0.481 e. The Morgan fingerprint density at radius 3 is 2.73 bits per heavy atom. The molecule has 0 saturated heterocycles. The van der Waals surface area contributed by atoms with E-state index in [-0.39, 0.29) is 18.0 Å². The molecule has 6 heteroatoms. The van der Waals surface area contributed by atoms with Gasteiger partial charge >= 0.3 is 0 Å². The second-order valence-corrected chi connectivity index (χ2v) is 2.65. The van der Waals surface area contributed by atoms with Crippen LogP contribution in [0, 0.1) is 17.1 Å². The van der Waals surface area contributed by atoms with E-state index in [4.69, 9.17) is 5.26 Å². The molecule has 0 bridgehead atoms. The van der Waals surface area contributed by atoms with Gasteiger partial charge in [0.15, 0.2) is 5.82 Å². The molecule has 0 spiro atoms. The van der Waals surface area contributed by atoms with E-state index in [0.717, 1.165) is 6.07 Å². The molecule has 0 radical (unpaired) electrons. The number of halogens is 3. The van der Waals surface area contributed by atoms with Gasteiger partial charge in [-0.15, -0.1) is 0 Å². The number of hydrogen-bond donors (Lipinski definition) is 0. The van der Waals surface area contributed by atoms with Gasteiger partial charge in [-0.2, -0.15) is 5.26 Å². The zero-order chi connectivity index (χ0) is 11.4. The average Bonchev–Trinajstić information content (AvgIpc) is 2.21. The standard InChI is InChI=1S/C9H7F3N2O/c1-15-7-4-5(9(11)12)8(10)6(14-7)2-3-13/h4,9H,2H2,1H3. The van der Waals surface area contributed by atoms with E-state index in [1.807, 2.05) is 0 Å². The smallest absolute Gasteiger partial charge is 0.266 e. The maximum absolute atomic E-state index is 13.3. The molecule has 0 atom stereocenters. The molecule has 3 nitrogen and oxygen atoms in total. The first kappa shape index (κ1) is 11.3. The van der Waals surface area contributed by atoms with Crippen molar-refractivity contribution < 1.29 is 17.9 Å². The summed E-state index contributed by atoms with van der Waals surface area (Å²) in [7, 11) is 1.23. The lowest BCUT2D eigenvalue weighted by atomic mass is 10.2. The van der Waals surface area contributed by atoms with E-state index in [1.54, 1.807) is 6.07 Å². The van der Waals surface area contributed by atoms with Crippen molar-refractivity contribution >= 4 is 0 Å². The molecule has 80 valence electrons. The number of hydrogen-bond acceptors (Lipinski definition) is 3. The molecule has 0 N–H and O–H groups in total. The summed E-state index contributed by atoms with van der Waals surface area (Å²) in [4.78, 5) is 3.57. The van der Waals surface area contributed by atoms with Crippen LogP contribution < -0.4 is 4.74 Å². The molecule has 0 aliphatic heterocycles. The topological polar surface area (TPSA) is 45.9 Å². The minimum absolute atomic E-state index is 0.128. The van der Waals surface area contributed by atoms with Gasteiger partial charge in [0.05, 0.1) is 30.9 Å². The Labute approximate surface area is 84.1 Å². The summed E-state index contributed by atoms with van der Waals surface area (Å²) in [5.41, 5.74) is -1.13. The van der Waals surface area contributed by atoms with E-state index >= 15 is 0 Å². The Balaban J connectivity index is 3.28. The Hall–Kier alpha value is -1.77. The normalized spacial score (nSPS) is 10.1. The van der Waals surface area contributed by atoms with Gasteiger partial charge in [0.1, 0.15) is 0 Å². The lowest BCUT2D eigenvalue weighted by molar-refractivity contribution is 0.145. The lowest BCUT2D eigenvalue weighted by Crippen LogP contribution is -2.02. The number of ether oxygens (including phenoxy) is 1. The minimum Gasteiger partial charge on any atom is -0.481 e. The van der Waals surface area contributed by atoms with Crippen LogP contribution in [-0.2, 0) is 6.42 Å². The van der Waals surface area contributed by atoms with Crippen molar-refractivity contribution in [3.63, 3.8) is 0 Å². The quantitative estimate of drug-likeness (QED) is 0.778. The SMILES string of the molecule is COc1cc(C(F)F)c(F)c(CC#N)n1. The fraction of sp³-hybridized carbons (Fsp3) is 0.333. The van der Waals surface area contributed by atoms with Crippen LogP contribution in [0.5, 0.6) is 5.88 Å². The van der Waals surface area contributed by atoms with Crippen LogP contribution in [0.25, 0.3) is 0 Å². The van der Waals surface area contributed by atoms with Crippen molar-refractivity contribution in [2.24, 2.45) is 0 Å². The van der Waals surface area contributed by atoms with Crippen LogP contribution in [0.1, 0.15) is 17.7 Å². The van der Waals surface area contributed by atoms with Crippen LogP contribution in [-0.4, -0.2) is 12.1 Å². The van der Waals surface area contributed by atoms with Gasteiger partial charge < -0.3 is 4.74 Å². The first-order chi connectivity index (χ1) is 7.10. The number of rotatable bonds is 3. The Morgan fingerprint density at radius 2 is 2.27 bits per heavy atom. The van der Waals surface area contributed by atoms with E-state index in [9.17, 15) is 13.2 Å². The highest BCUT2D eigenvalue weighted by Gasteiger charge is 2.19. The summed E-state index contributed by atoms with van der Waals surface area (Å²) in [6.07, 6.45) is -3.33. The van der Waals surface area contributed by atoms with Crippen molar-refractivity contribution in [1.29, 1.82) is 5.26 Å². The van der Waals surface area contributed by atoms with Crippen molar-refractivity contribution in [3.8, 4) is 11.9 Å². The number of nitriles is 1. The third-order valence-corrected chi connectivity index (χ3v) is 1.72. The van der Waals surface area contributed by atoms with Gasteiger partial charge in [-0.05, 0) is 0 Å². The molecule has 0 saturated carbocycles. The molecule has 1 aromatic rings. The first-order valence-electron chi connectivity index (χ1n) is 3.98. The van der Waals surface area contributed by atoms with Crippen molar-refractivity contribution in [3.05, 3.63) is 23.1 Å². The molecular formula is C9H7F3N2O. The Bertz CT molecular complexity index is 401. The van der Waals surface area contributed by atoms with E-state index < -0.39 is 17.8 Å². The molecule has 15 heavy (non-hydrogen) atoms. The van der Waals surface area contributed by atoms with Gasteiger partial charge in [0.25, 0.3) is 6.43 Å². The number of pyridine rings is 1. The van der Waals surface area contributed by atoms with E-state index in [1.165, 1.54) is 7.11 Å². The molecule has 0 fully saturated rings. The summed E-state index contributed by atoms with van der Waals surface area (Å²) in [6, 6.07) is 2.46. The van der Waals surface area contributed by atoms with Gasteiger partial charge in [0, 0.05) is 6.07 Å². The molecule has 0 amide bonds. The number of alkyl halides is 2. The monoisotopic (exact) mass is 216 g/mol. The average molecular weight is 216 g/mol. The summed E-state index contributed by atoms with van der Waals surface area (Å²) in [5, 5.41) is 8.35. The first-order valence-corrected chi connectivity index (χ1v) is 3.98. The number of methoxy groups -OCH3 is 1. The second kappa shape index (κ2) is 4.64. The Morgan fingerprint density at radius 1 is 1.60 bits per heavy atom. The predicted octanol–water partition coefficient (Wildman–Crippen LogP) is 2.23. The highest BCUT2D eigenvalue weighted by atomic mass is 19.3. The third kappa shape index (κ3) is 2.37. The minimum atomic E-state index is -2.96. The number of nitrogens with zero attached hydrogens (tertiary/aromatic N) is 2. The molecule has 0 aliphatic carbocycles. The fourth-order valence-corrected chi connectivity index (χ4v) is 1.03. The molecular weight excluding hydrogens is 209 g/mol. The maximum Gasteiger partial charge on any atom is 0.266 e. The van der Waals surface area contributed by atoms with Gasteiger partial charge in [0.2, 0.25) is 5.88 Å². The summed E-state index contributed by atoms with van der Waals surface area (Å²) in [6.45, 7) is 0. The van der Waals surface area contributed by atoms with E-state index in [2.05, 4.69) is 9.72 Å². The molecule has 1 rings (SSSR count). The second-order valence-electron chi connectivity index (χ2n) is 2.65. The molecule has 1 heterocycles. The summed E-state index contributed by atoms with van der Waals surface area (Å²) < 4.78 is 42.6. The van der Waals surface area contributed by atoms with Crippen LogP contribution in [0.3, 0.4) is 0 Å². The zero-order valence-electron chi connectivity index (χ0n) is 7.80. The zero-order valence-corrected chi connectivity index (χ0v) is 7.80. The lowest BCUT2D eigenvalue weighted by Gasteiger charge is -2.07. The molecule has 1 aromatic heterocycles. The number of aromatic nitrogens is 1. The summed E-state index contributed by atoms with van der Waals surface area (Å²) in [5.74, 6) is -1.27. The Kier molecular flexibility index (Phi) is 3.50. The molecule has 0 aliphatic rings. The van der Waals surface area contributed by atoms with Crippen LogP contribution >= 0.6 is 0 Å². The van der Waals surface area contributed by atoms with Crippen molar-refractivity contribution in [2.75, 3.05) is 7.11 Å². The van der Waals surface area contributed by atoms with Crippen LogP contribution in [0.4, 0.5) is 13.2 Å². The van der Waals surface area contributed by atoms with Gasteiger partial charge in [-0.3, -0.25) is 0 Å².